The number of aryl methyl sites for hydroxylation is 2. The molecule has 27 heavy (non-hydrogen) atoms. The van der Waals surface area contributed by atoms with Crippen molar-refractivity contribution in [1.82, 2.24) is 15.3 Å². The van der Waals surface area contributed by atoms with E-state index in [9.17, 15) is 5.11 Å². The van der Waals surface area contributed by atoms with E-state index in [4.69, 9.17) is 23.8 Å². The molecule has 1 aromatic carbocycles. The zero-order chi connectivity index (χ0) is 19.1. The molecule has 4 rings (SSSR count). The first-order valence-electron chi connectivity index (χ1n) is 8.61. The number of pyridine rings is 1. The van der Waals surface area contributed by atoms with E-state index in [2.05, 4.69) is 21.4 Å². The number of benzene rings is 1. The van der Waals surface area contributed by atoms with Crippen LogP contribution in [0.3, 0.4) is 0 Å². The number of aromatic hydroxyl groups is 1. The Morgan fingerprint density at radius 1 is 1.19 bits per heavy atom. The number of phenols is 1. The Morgan fingerprint density at radius 3 is 2.67 bits per heavy atom. The predicted octanol–water partition coefficient (Wildman–Crippen LogP) is 4.56. The third kappa shape index (κ3) is 3.15. The van der Waals surface area contributed by atoms with Gasteiger partial charge in [0.15, 0.2) is 5.11 Å². The van der Waals surface area contributed by atoms with Crippen molar-refractivity contribution >= 4 is 34.6 Å². The molecule has 2 unspecified atom stereocenters. The summed E-state index contributed by atoms with van der Waals surface area (Å²) in [5.41, 5.74) is 4.66. The lowest BCUT2D eigenvalue weighted by molar-refractivity contribution is 0.472. The fourth-order valence-electron chi connectivity index (χ4n) is 3.67. The maximum absolute atomic E-state index is 10.5. The second-order valence-electron chi connectivity index (χ2n) is 6.66. The van der Waals surface area contributed by atoms with Crippen LogP contribution in [-0.4, -0.2) is 20.2 Å². The molecule has 0 radical (unpaired) electrons. The first kappa shape index (κ1) is 17.8. The number of phenolic OH excluding ortho intramolecular Hbond substituents is 1. The summed E-state index contributed by atoms with van der Waals surface area (Å²) < 4.78 is 0. The average Bonchev–Trinajstić information content (AvgIpc) is 3.16. The minimum atomic E-state index is -0.179. The van der Waals surface area contributed by atoms with Crippen molar-refractivity contribution in [2.45, 2.75) is 25.9 Å². The summed E-state index contributed by atoms with van der Waals surface area (Å²) in [5, 5.41) is 14.9. The zero-order valence-corrected chi connectivity index (χ0v) is 16.5. The van der Waals surface area contributed by atoms with Crippen LogP contribution >= 0.6 is 23.8 Å². The third-order valence-electron chi connectivity index (χ3n) is 4.80. The lowest BCUT2D eigenvalue weighted by atomic mass is 9.96. The van der Waals surface area contributed by atoms with Gasteiger partial charge in [0, 0.05) is 22.6 Å². The molecule has 138 valence electrons. The fraction of sp³-hybridized carbons (Fsp3) is 0.200. The second-order valence-corrected chi connectivity index (χ2v) is 7.49. The number of anilines is 1. The monoisotopic (exact) mass is 398 g/mol. The van der Waals surface area contributed by atoms with Gasteiger partial charge < -0.3 is 20.3 Å². The van der Waals surface area contributed by atoms with Crippen LogP contribution < -0.4 is 10.2 Å². The molecule has 3 aromatic rings. The van der Waals surface area contributed by atoms with E-state index < -0.39 is 0 Å². The van der Waals surface area contributed by atoms with Gasteiger partial charge >= 0.3 is 0 Å². The number of halogens is 1. The number of H-pyrrole nitrogens is 1. The highest BCUT2D eigenvalue weighted by atomic mass is 35.5. The maximum atomic E-state index is 10.5. The molecular formula is C20H19ClN4OS. The van der Waals surface area contributed by atoms with E-state index in [-0.39, 0.29) is 17.8 Å². The first-order valence-corrected chi connectivity index (χ1v) is 9.39. The molecule has 0 amide bonds. The minimum Gasteiger partial charge on any atom is -0.506 e. The highest BCUT2D eigenvalue weighted by Gasteiger charge is 2.42. The van der Waals surface area contributed by atoms with Crippen LogP contribution in [0.25, 0.3) is 0 Å². The molecule has 1 saturated heterocycles. The number of aromatic amines is 1. The fourth-order valence-corrected chi connectivity index (χ4v) is 4.18. The number of nitrogens with zero attached hydrogens (tertiary/aromatic N) is 2. The van der Waals surface area contributed by atoms with E-state index in [0.717, 1.165) is 22.6 Å². The van der Waals surface area contributed by atoms with Gasteiger partial charge in [-0.1, -0.05) is 17.7 Å². The topological polar surface area (TPSA) is 64.2 Å². The Morgan fingerprint density at radius 2 is 2.00 bits per heavy atom. The number of hydrogen-bond donors (Lipinski definition) is 3. The van der Waals surface area contributed by atoms with Crippen molar-refractivity contribution in [3.05, 3.63) is 76.3 Å². The normalized spacial score (nSPS) is 19.4. The molecule has 2 atom stereocenters. The zero-order valence-electron chi connectivity index (χ0n) is 14.9. The molecule has 1 fully saturated rings. The van der Waals surface area contributed by atoms with Crippen LogP contribution in [0.1, 0.15) is 34.7 Å². The van der Waals surface area contributed by atoms with Gasteiger partial charge in [0.05, 0.1) is 23.5 Å². The molecule has 0 bridgehead atoms. The molecular weight excluding hydrogens is 380 g/mol. The quantitative estimate of drug-likeness (QED) is 0.564. The van der Waals surface area contributed by atoms with Crippen molar-refractivity contribution in [2.75, 3.05) is 4.90 Å². The van der Waals surface area contributed by atoms with Crippen LogP contribution in [0.2, 0.25) is 5.02 Å². The Kier molecular flexibility index (Phi) is 4.53. The molecule has 5 nitrogen and oxygen atoms in total. The lowest BCUT2D eigenvalue weighted by Crippen LogP contribution is -2.29. The molecule has 2 aromatic heterocycles. The SMILES string of the molecule is Cc1cc(C2C(c3ccccn3)NC(=S)N2c2cc(Cl)ccc2O)c(C)[nH]1. The smallest absolute Gasteiger partial charge is 0.174 e. The first-order chi connectivity index (χ1) is 13.0. The average molecular weight is 399 g/mol. The minimum absolute atomic E-state index is 0.125. The molecule has 1 aliphatic heterocycles. The van der Waals surface area contributed by atoms with Crippen molar-refractivity contribution in [1.29, 1.82) is 0 Å². The molecule has 0 aliphatic carbocycles. The molecule has 3 heterocycles. The van der Waals surface area contributed by atoms with Gasteiger partial charge in [-0.3, -0.25) is 4.98 Å². The number of nitrogens with one attached hydrogen (secondary N) is 2. The highest BCUT2D eigenvalue weighted by molar-refractivity contribution is 7.80. The largest absolute Gasteiger partial charge is 0.506 e. The Balaban J connectivity index is 1.90. The molecule has 0 saturated carbocycles. The third-order valence-corrected chi connectivity index (χ3v) is 5.35. The summed E-state index contributed by atoms with van der Waals surface area (Å²) >= 11 is 11.9. The van der Waals surface area contributed by atoms with E-state index >= 15 is 0 Å². The van der Waals surface area contributed by atoms with Crippen LogP contribution in [0.4, 0.5) is 5.69 Å². The standard InChI is InChI=1S/C20H19ClN4OS/c1-11-9-14(12(2)23-11)19-18(15-5-3-4-8-22-15)24-20(27)25(19)16-10-13(21)6-7-17(16)26/h3-10,18-19,23,26H,1-2H3,(H,24,27). The van der Waals surface area contributed by atoms with Gasteiger partial charge in [-0.25, -0.2) is 0 Å². The summed E-state index contributed by atoms with van der Waals surface area (Å²) in [6, 6.07) is 12.6. The van der Waals surface area contributed by atoms with Crippen LogP contribution in [0, 0.1) is 13.8 Å². The highest BCUT2D eigenvalue weighted by Crippen LogP contribution is 2.45. The summed E-state index contributed by atoms with van der Waals surface area (Å²) in [7, 11) is 0. The Hall–Kier alpha value is -2.57. The lowest BCUT2D eigenvalue weighted by Gasteiger charge is -2.28. The summed E-state index contributed by atoms with van der Waals surface area (Å²) in [4.78, 5) is 9.81. The van der Waals surface area contributed by atoms with Crippen molar-refractivity contribution < 1.29 is 5.11 Å². The number of thiocarbonyl (C=S) groups is 1. The maximum Gasteiger partial charge on any atom is 0.174 e. The van der Waals surface area contributed by atoms with Gasteiger partial charge in [-0.05, 0) is 68.0 Å². The summed E-state index contributed by atoms with van der Waals surface area (Å²) in [6.45, 7) is 4.06. The Labute approximate surface area is 168 Å². The van der Waals surface area contributed by atoms with Crippen LogP contribution in [0.15, 0.2) is 48.7 Å². The van der Waals surface area contributed by atoms with Gasteiger partial charge in [0.1, 0.15) is 5.75 Å². The van der Waals surface area contributed by atoms with Crippen molar-refractivity contribution in [2.24, 2.45) is 0 Å². The predicted molar refractivity (Wildman–Crippen MR) is 111 cm³/mol. The van der Waals surface area contributed by atoms with Crippen LogP contribution in [0.5, 0.6) is 5.75 Å². The summed E-state index contributed by atoms with van der Waals surface area (Å²) in [6.07, 6.45) is 1.77. The van der Waals surface area contributed by atoms with Crippen molar-refractivity contribution in [3.63, 3.8) is 0 Å². The molecule has 3 N–H and O–H groups in total. The molecule has 1 aliphatic rings. The van der Waals surface area contributed by atoms with E-state index in [1.54, 1.807) is 24.4 Å². The summed E-state index contributed by atoms with van der Waals surface area (Å²) in [5.74, 6) is 0.125. The Bertz CT molecular complexity index is 1000. The van der Waals surface area contributed by atoms with Gasteiger partial charge in [-0.15, -0.1) is 0 Å². The van der Waals surface area contributed by atoms with Crippen molar-refractivity contribution in [3.8, 4) is 5.75 Å². The van der Waals surface area contributed by atoms with Gasteiger partial charge in [0.25, 0.3) is 0 Å². The number of rotatable bonds is 3. The molecule has 7 heteroatoms. The van der Waals surface area contributed by atoms with Crippen LogP contribution in [-0.2, 0) is 0 Å². The van der Waals surface area contributed by atoms with E-state index in [0.29, 0.717) is 15.8 Å². The van der Waals surface area contributed by atoms with Gasteiger partial charge in [0.2, 0.25) is 0 Å². The van der Waals surface area contributed by atoms with E-state index in [1.165, 1.54) is 0 Å². The molecule has 0 spiro atoms. The second kappa shape index (κ2) is 6.87. The van der Waals surface area contributed by atoms with E-state index in [1.807, 2.05) is 36.9 Å². The number of aromatic nitrogens is 2. The number of hydrogen-bond acceptors (Lipinski definition) is 3. The van der Waals surface area contributed by atoms with Gasteiger partial charge in [-0.2, -0.15) is 0 Å².